The Morgan fingerprint density at radius 3 is 2.40 bits per heavy atom. The molecule has 0 aromatic heterocycles. The molecule has 0 atom stereocenters. The van der Waals surface area contributed by atoms with Gasteiger partial charge in [0, 0.05) is 5.57 Å². The summed E-state index contributed by atoms with van der Waals surface area (Å²) in [5, 5.41) is 8.40. The van der Waals surface area contributed by atoms with Crippen molar-refractivity contribution in [1.29, 1.82) is 0 Å². The Balaban J connectivity index is 3.50. The molecule has 0 heterocycles. The third-order valence-corrected chi connectivity index (χ3v) is 2.28. The number of hydrogen-bond acceptors (Lipinski definition) is 1. The first kappa shape index (κ1) is 9.64. The lowest BCUT2D eigenvalue weighted by Crippen LogP contribution is -2.00. The average Bonchev–Trinajstić information content (AvgIpc) is 1.82. The number of carboxylic acid groups (broad SMARTS) is 1. The molecule has 0 fully saturated rings. The first-order valence-electron chi connectivity index (χ1n) is 3.10. The second-order valence-corrected chi connectivity index (χ2v) is 5.07. The van der Waals surface area contributed by atoms with Crippen LogP contribution in [0.4, 0.5) is 0 Å². The molecule has 0 spiro atoms. The quantitative estimate of drug-likeness (QED) is 0.502. The molecule has 2 nitrogen and oxygen atoms in total. The van der Waals surface area contributed by atoms with E-state index in [-0.39, 0.29) is 7.92 Å². The highest BCUT2D eigenvalue weighted by Gasteiger charge is 2.03. The maximum Gasteiger partial charge on any atom is 0.330 e. The fourth-order valence-electron chi connectivity index (χ4n) is 0.465. The molecular weight excluding hydrogens is 147 g/mol. The average molecular weight is 160 g/mol. The maximum atomic E-state index is 10.2. The molecule has 0 aromatic rings. The molecule has 0 aliphatic carbocycles. The van der Waals surface area contributed by atoms with Crippen molar-refractivity contribution >= 4 is 13.9 Å². The van der Waals surface area contributed by atoms with Crippen molar-refractivity contribution in [2.24, 2.45) is 0 Å². The zero-order valence-corrected chi connectivity index (χ0v) is 7.32. The number of rotatable bonds is 4. The first-order valence-corrected chi connectivity index (χ1v) is 5.52. The Kier molecular flexibility index (Phi) is 4.29. The third-order valence-electron chi connectivity index (χ3n) is 1.16. The van der Waals surface area contributed by atoms with Crippen LogP contribution in [0.3, 0.4) is 0 Å². The molecule has 3 heteroatoms. The summed E-state index contributed by atoms with van der Waals surface area (Å²) in [4.78, 5) is 10.2. The van der Waals surface area contributed by atoms with E-state index in [4.69, 9.17) is 5.11 Å². The van der Waals surface area contributed by atoms with Crippen LogP contribution in [0.15, 0.2) is 12.2 Å². The van der Waals surface area contributed by atoms with Gasteiger partial charge in [-0.15, -0.1) is 7.92 Å². The summed E-state index contributed by atoms with van der Waals surface area (Å²) in [5.41, 5.74) is 0.330. The van der Waals surface area contributed by atoms with Gasteiger partial charge in [-0.1, -0.05) is 6.58 Å². The summed E-state index contributed by atoms with van der Waals surface area (Å²) in [6.07, 6.45) is 1.61. The van der Waals surface area contributed by atoms with E-state index in [1.807, 2.05) is 0 Å². The van der Waals surface area contributed by atoms with Crippen LogP contribution >= 0.6 is 7.92 Å². The minimum absolute atomic E-state index is 0.0181. The van der Waals surface area contributed by atoms with Gasteiger partial charge < -0.3 is 5.11 Å². The summed E-state index contributed by atoms with van der Waals surface area (Å²) >= 11 is 0. The van der Waals surface area contributed by atoms with Crippen LogP contribution in [-0.2, 0) is 4.79 Å². The molecule has 10 heavy (non-hydrogen) atoms. The molecule has 0 aliphatic heterocycles. The lowest BCUT2D eigenvalue weighted by atomic mass is 10.2. The molecule has 0 amide bonds. The SMILES string of the molecule is C=C(CCP(C)C)C(=O)O. The van der Waals surface area contributed by atoms with E-state index in [0.29, 0.717) is 12.0 Å². The predicted octanol–water partition coefficient (Wildman–Crippen LogP) is 1.76. The molecule has 0 aromatic carbocycles. The van der Waals surface area contributed by atoms with Crippen molar-refractivity contribution in [2.45, 2.75) is 6.42 Å². The van der Waals surface area contributed by atoms with Crippen molar-refractivity contribution in [3.8, 4) is 0 Å². The monoisotopic (exact) mass is 160 g/mol. The first-order chi connectivity index (χ1) is 4.54. The fourth-order valence-corrected chi connectivity index (χ4v) is 1.18. The van der Waals surface area contributed by atoms with Crippen molar-refractivity contribution in [1.82, 2.24) is 0 Å². The summed E-state index contributed by atoms with van der Waals surface area (Å²) in [6, 6.07) is 0. The Hall–Kier alpha value is -0.360. The van der Waals surface area contributed by atoms with E-state index in [1.165, 1.54) is 0 Å². The molecule has 1 N–H and O–H groups in total. The standard InChI is InChI=1S/C7H13O2P/c1-6(7(8)9)4-5-10(2)3/h1,4-5H2,2-3H3,(H,8,9). The van der Waals surface area contributed by atoms with Gasteiger partial charge in [0.2, 0.25) is 0 Å². The molecular formula is C7H13O2P. The number of carbonyl (C=O) groups is 1. The molecule has 0 aliphatic rings. The van der Waals surface area contributed by atoms with Crippen LogP contribution in [0.25, 0.3) is 0 Å². The molecule has 0 rings (SSSR count). The largest absolute Gasteiger partial charge is 0.478 e. The van der Waals surface area contributed by atoms with Crippen molar-refractivity contribution in [3.05, 3.63) is 12.2 Å². The van der Waals surface area contributed by atoms with Gasteiger partial charge in [0.15, 0.2) is 0 Å². The van der Waals surface area contributed by atoms with Crippen LogP contribution in [0.5, 0.6) is 0 Å². The summed E-state index contributed by atoms with van der Waals surface area (Å²) in [7, 11) is 0.0181. The van der Waals surface area contributed by atoms with E-state index < -0.39 is 5.97 Å². The lowest BCUT2D eigenvalue weighted by molar-refractivity contribution is -0.132. The zero-order valence-electron chi connectivity index (χ0n) is 6.42. The summed E-state index contributed by atoms with van der Waals surface area (Å²) < 4.78 is 0. The predicted molar refractivity (Wildman–Crippen MR) is 45.0 cm³/mol. The van der Waals surface area contributed by atoms with E-state index in [0.717, 1.165) is 6.16 Å². The third kappa shape index (κ3) is 4.51. The van der Waals surface area contributed by atoms with Gasteiger partial charge >= 0.3 is 5.97 Å². The number of hydrogen-bond donors (Lipinski definition) is 1. The van der Waals surface area contributed by atoms with Crippen LogP contribution < -0.4 is 0 Å². The highest BCUT2D eigenvalue weighted by atomic mass is 31.1. The number of carboxylic acids is 1. The van der Waals surface area contributed by atoms with Crippen molar-refractivity contribution in [3.63, 3.8) is 0 Å². The van der Waals surface area contributed by atoms with Crippen LogP contribution in [-0.4, -0.2) is 30.6 Å². The Morgan fingerprint density at radius 2 is 2.10 bits per heavy atom. The van der Waals surface area contributed by atoms with Gasteiger partial charge in [-0.05, 0) is 25.9 Å². The Bertz CT molecular complexity index is 141. The van der Waals surface area contributed by atoms with Gasteiger partial charge in [-0.3, -0.25) is 0 Å². The van der Waals surface area contributed by atoms with Crippen LogP contribution in [0.2, 0.25) is 0 Å². The van der Waals surface area contributed by atoms with E-state index in [2.05, 4.69) is 19.9 Å². The Labute approximate surface area is 62.7 Å². The maximum absolute atomic E-state index is 10.2. The van der Waals surface area contributed by atoms with Gasteiger partial charge in [0.25, 0.3) is 0 Å². The van der Waals surface area contributed by atoms with Gasteiger partial charge in [-0.25, -0.2) is 4.79 Å². The smallest absolute Gasteiger partial charge is 0.330 e. The van der Waals surface area contributed by atoms with E-state index >= 15 is 0 Å². The molecule has 0 bridgehead atoms. The Morgan fingerprint density at radius 1 is 1.60 bits per heavy atom. The highest BCUT2D eigenvalue weighted by Crippen LogP contribution is 2.26. The summed E-state index contributed by atoms with van der Waals surface area (Å²) in [6.45, 7) is 7.70. The van der Waals surface area contributed by atoms with Gasteiger partial charge in [-0.2, -0.15) is 0 Å². The number of aliphatic carboxylic acids is 1. The molecule has 58 valence electrons. The van der Waals surface area contributed by atoms with Gasteiger partial charge in [0.05, 0.1) is 0 Å². The zero-order chi connectivity index (χ0) is 8.15. The molecule has 0 radical (unpaired) electrons. The minimum Gasteiger partial charge on any atom is -0.478 e. The van der Waals surface area contributed by atoms with Crippen LogP contribution in [0.1, 0.15) is 6.42 Å². The highest BCUT2D eigenvalue weighted by molar-refractivity contribution is 7.55. The lowest BCUT2D eigenvalue weighted by Gasteiger charge is -2.03. The van der Waals surface area contributed by atoms with Gasteiger partial charge in [0.1, 0.15) is 0 Å². The van der Waals surface area contributed by atoms with Crippen molar-refractivity contribution in [2.75, 3.05) is 19.5 Å². The van der Waals surface area contributed by atoms with Crippen molar-refractivity contribution < 1.29 is 9.90 Å². The molecule has 0 saturated heterocycles. The molecule has 0 saturated carbocycles. The van der Waals surface area contributed by atoms with E-state index in [1.54, 1.807) is 0 Å². The molecule has 0 unspecified atom stereocenters. The second-order valence-electron chi connectivity index (χ2n) is 2.46. The van der Waals surface area contributed by atoms with E-state index in [9.17, 15) is 4.79 Å². The second kappa shape index (κ2) is 4.45. The normalized spacial score (nSPS) is 9.90. The summed E-state index contributed by atoms with van der Waals surface area (Å²) in [5.74, 6) is -0.864. The topological polar surface area (TPSA) is 37.3 Å². The van der Waals surface area contributed by atoms with Crippen LogP contribution in [0, 0.1) is 0 Å². The minimum atomic E-state index is -0.864. The fraction of sp³-hybridized carbons (Fsp3) is 0.571.